The Bertz CT molecular complexity index is 641. The van der Waals surface area contributed by atoms with Gasteiger partial charge in [0.15, 0.2) is 0 Å². The van der Waals surface area contributed by atoms with E-state index in [1.807, 2.05) is 0 Å². The molecule has 0 aromatic heterocycles. The predicted molar refractivity (Wildman–Crippen MR) is 81.8 cm³/mol. The van der Waals surface area contributed by atoms with Gasteiger partial charge in [-0.05, 0) is 42.8 Å². The number of anilines is 1. The topological polar surface area (TPSA) is 84.6 Å². The van der Waals surface area contributed by atoms with Crippen LogP contribution in [0.25, 0.3) is 0 Å². The maximum Gasteiger partial charge on any atom is 0.255 e. The molecule has 0 unspecified atom stereocenters. The Morgan fingerprint density at radius 2 is 2.10 bits per heavy atom. The molecule has 5 nitrogen and oxygen atoms in total. The summed E-state index contributed by atoms with van der Waals surface area (Å²) in [5.41, 5.74) is 7.16. The Balaban J connectivity index is 2.10. The number of amides is 1. The molecular weight excluding hydrogens is 268 g/mol. The quantitative estimate of drug-likeness (QED) is 0.787. The van der Waals surface area contributed by atoms with Crippen LogP contribution in [0.4, 0.5) is 5.69 Å². The van der Waals surface area contributed by atoms with Gasteiger partial charge in [-0.3, -0.25) is 4.79 Å². The van der Waals surface area contributed by atoms with E-state index in [0.29, 0.717) is 35.7 Å². The number of carbonyl (C=O) groups excluding carboxylic acids is 1. The molecule has 2 rings (SSSR count). The molecule has 2 aromatic carbocycles. The van der Waals surface area contributed by atoms with Gasteiger partial charge in [-0.1, -0.05) is 6.07 Å². The monoisotopic (exact) mass is 286 g/mol. The SMILES string of the molecule is Cc1cc(C(=O)Nc2cccc(OCCN)c2)ccc1O. The normalized spacial score (nSPS) is 10.2. The third kappa shape index (κ3) is 3.97. The predicted octanol–water partition coefficient (Wildman–Crippen LogP) is 2.29. The highest BCUT2D eigenvalue weighted by Gasteiger charge is 2.08. The molecule has 0 bridgehead atoms. The standard InChI is InChI=1S/C16H18N2O3/c1-11-9-12(5-6-15(11)19)16(20)18-13-3-2-4-14(10-13)21-8-7-17/h2-6,9-10,19H,7-8,17H2,1H3,(H,18,20). The molecule has 0 aliphatic heterocycles. The van der Waals surface area contributed by atoms with E-state index >= 15 is 0 Å². The van der Waals surface area contributed by atoms with E-state index in [0.717, 1.165) is 0 Å². The molecule has 0 saturated carbocycles. The van der Waals surface area contributed by atoms with Gasteiger partial charge in [-0.15, -0.1) is 0 Å². The molecule has 0 fully saturated rings. The Kier molecular flexibility index (Phi) is 4.79. The van der Waals surface area contributed by atoms with Gasteiger partial charge >= 0.3 is 0 Å². The average Bonchev–Trinajstić information content (AvgIpc) is 2.48. The fourth-order valence-electron chi connectivity index (χ4n) is 1.84. The smallest absolute Gasteiger partial charge is 0.255 e. The average molecular weight is 286 g/mol. The molecule has 2 aromatic rings. The van der Waals surface area contributed by atoms with Crippen LogP contribution < -0.4 is 15.8 Å². The zero-order chi connectivity index (χ0) is 15.2. The molecule has 21 heavy (non-hydrogen) atoms. The van der Waals surface area contributed by atoms with E-state index in [2.05, 4.69) is 5.32 Å². The van der Waals surface area contributed by atoms with Crippen LogP contribution in [-0.2, 0) is 0 Å². The van der Waals surface area contributed by atoms with Gasteiger partial charge in [-0.25, -0.2) is 0 Å². The summed E-state index contributed by atoms with van der Waals surface area (Å²) in [6, 6.07) is 11.8. The molecule has 4 N–H and O–H groups in total. The maximum atomic E-state index is 12.1. The first-order valence-corrected chi connectivity index (χ1v) is 6.64. The van der Waals surface area contributed by atoms with Gasteiger partial charge < -0.3 is 20.9 Å². The number of ether oxygens (including phenoxy) is 1. The second kappa shape index (κ2) is 6.76. The number of rotatable bonds is 5. The van der Waals surface area contributed by atoms with Crippen LogP contribution in [0.15, 0.2) is 42.5 Å². The zero-order valence-corrected chi connectivity index (χ0v) is 11.8. The summed E-state index contributed by atoms with van der Waals surface area (Å²) < 4.78 is 5.41. The Morgan fingerprint density at radius 3 is 2.81 bits per heavy atom. The third-order valence-electron chi connectivity index (χ3n) is 2.94. The van der Waals surface area contributed by atoms with Gasteiger partial charge in [0, 0.05) is 23.9 Å². The fraction of sp³-hybridized carbons (Fsp3) is 0.188. The summed E-state index contributed by atoms with van der Waals surface area (Å²) in [5, 5.41) is 12.3. The molecule has 1 amide bonds. The van der Waals surface area contributed by atoms with Gasteiger partial charge in [0.05, 0.1) is 0 Å². The highest BCUT2D eigenvalue weighted by molar-refractivity contribution is 6.04. The number of carbonyl (C=O) groups is 1. The lowest BCUT2D eigenvalue weighted by Crippen LogP contribution is -2.13. The summed E-state index contributed by atoms with van der Waals surface area (Å²) in [5.74, 6) is 0.581. The lowest BCUT2D eigenvalue weighted by atomic mass is 10.1. The van der Waals surface area contributed by atoms with Crippen LogP contribution in [0.1, 0.15) is 15.9 Å². The van der Waals surface area contributed by atoms with E-state index < -0.39 is 0 Å². The van der Waals surface area contributed by atoms with Crippen LogP contribution in [0, 0.1) is 6.92 Å². The second-order valence-electron chi connectivity index (χ2n) is 4.62. The number of benzene rings is 2. The number of aromatic hydroxyl groups is 1. The number of nitrogens with one attached hydrogen (secondary N) is 1. The number of aryl methyl sites for hydroxylation is 1. The summed E-state index contributed by atoms with van der Waals surface area (Å²) >= 11 is 0. The van der Waals surface area contributed by atoms with Crippen LogP contribution in [-0.4, -0.2) is 24.2 Å². The van der Waals surface area contributed by atoms with Crippen molar-refractivity contribution in [1.82, 2.24) is 0 Å². The van der Waals surface area contributed by atoms with Crippen LogP contribution in [0.2, 0.25) is 0 Å². The molecule has 0 aliphatic rings. The number of phenols is 1. The van der Waals surface area contributed by atoms with Crippen LogP contribution in [0.3, 0.4) is 0 Å². The van der Waals surface area contributed by atoms with E-state index in [1.54, 1.807) is 43.3 Å². The number of nitrogens with two attached hydrogens (primary N) is 1. The number of hydrogen-bond acceptors (Lipinski definition) is 4. The minimum absolute atomic E-state index is 0.170. The first-order chi connectivity index (χ1) is 10.1. The van der Waals surface area contributed by atoms with Crippen molar-refractivity contribution in [3.63, 3.8) is 0 Å². The van der Waals surface area contributed by atoms with Crippen molar-refractivity contribution in [1.29, 1.82) is 0 Å². The molecule has 0 spiro atoms. The summed E-state index contributed by atoms with van der Waals surface area (Å²) in [6.45, 7) is 2.60. The Labute approximate surface area is 123 Å². The van der Waals surface area contributed by atoms with E-state index in [1.165, 1.54) is 6.07 Å². The second-order valence-corrected chi connectivity index (χ2v) is 4.62. The van der Waals surface area contributed by atoms with E-state index in [9.17, 15) is 9.90 Å². The molecular formula is C16H18N2O3. The third-order valence-corrected chi connectivity index (χ3v) is 2.94. The van der Waals surface area contributed by atoms with Crippen molar-refractivity contribution >= 4 is 11.6 Å². The maximum absolute atomic E-state index is 12.1. The highest BCUT2D eigenvalue weighted by Crippen LogP contribution is 2.20. The molecule has 5 heteroatoms. The highest BCUT2D eigenvalue weighted by atomic mass is 16.5. The molecule has 0 saturated heterocycles. The van der Waals surface area contributed by atoms with Crippen LogP contribution >= 0.6 is 0 Å². The van der Waals surface area contributed by atoms with E-state index in [-0.39, 0.29) is 11.7 Å². The minimum atomic E-state index is -0.242. The molecule has 110 valence electrons. The summed E-state index contributed by atoms with van der Waals surface area (Å²) in [4.78, 5) is 12.1. The van der Waals surface area contributed by atoms with Gasteiger partial charge in [-0.2, -0.15) is 0 Å². The molecule has 0 aliphatic carbocycles. The summed E-state index contributed by atoms with van der Waals surface area (Å²) in [6.07, 6.45) is 0. The molecule has 0 radical (unpaired) electrons. The number of phenolic OH excluding ortho intramolecular Hbond substituents is 1. The van der Waals surface area contributed by atoms with Gasteiger partial charge in [0.1, 0.15) is 18.1 Å². The zero-order valence-electron chi connectivity index (χ0n) is 11.8. The van der Waals surface area contributed by atoms with Crippen molar-refractivity contribution in [2.75, 3.05) is 18.5 Å². The summed E-state index contributed by atoms with van der Waals surface area (Å²) in [7, 11) is 0. The van der Waals surface area contributed by atoms with Crippen molar-refractivity contribution in [3.8, 4) is 11.5 Å². The molecule has 0 atom stereocenters. The van der Waals surface area contributed by atoms with Gasteiger partial charge in [0.2, 0.25) is 0 Å². The van der Waals surface area contributed by atoms with Crippen molar-refractivity contribution in [2.45, 2.75) is 6.92 Å². The minimum Gasteiger partial charge on any atom is -0.508 e. The number of hydrogen-bond donors (Lipinski definition) is 3. The van der Waals surface area contributed by atoms with Crippen molar-refractivity contribution < 1.29 is 14.6 Å². The van der Waals surface area contributed by atoms with Crippen LogP contribution in [0.5, 0.6) is 11.5 Å². The fourth-order valence-corrected chi connectivity index (χ4v) is 1.84. The van der Waals surface area contributed by atoms with Crippen molar-refractivity contribution in [2.24, 2.45) is 5.73 Å². The Morgan fingerprint density at radius 1 is 1.29 bits per heavy atom. The molecule has 0 heterocycles. The van der Waals surface area contributed by atoms with Gasteiger partial charge in [0.25, 0.3) is 5.91 Å². The first kappa shape index (κ1) is 14.9. The Hall–Kier alpha value is -2.53. The van der Waals surface area contributed by atoms with Crippen molar-refractivity contribution in [3.05, 3.63) is 53.6 Å². The largest absolute Gasteiger partial charge is 0.508 e. The first-order valence-electron chi connectivity index (χ1n) is 6.64. The van der Waals surface area contributed by atoms with E-state index in [4.69, 9.17) is 10.5 Å². The lowest BCUT2D eigenvalue weighted by Gasteiger charge is -2.09. The lowest BCUT2D eigenvalue weighted by molar-refractivity contribution is 0.102.